The van der Waals surface area contributed by atoms with Gasteiger partial charge in [-0.25, -0.2) is 0 Å². The number of unbranched alkanes of at least 4 members (excludes halogenated alkanes) is 1. The summed E-state index contributed by atoms with van der Waals surface area (Å²) in [5, 5.41) is 1.91. The number of fused-ring (bicyclic) bond motifs is 1. The number of carbonyl (C=O) groups is 2. The monoisotopic (exact) mass is 490 g/mol. The summed E-state index contributed by atoms with van der Waals surface area (Å²) in [5.41, 5.74) is 1.94. The van der Waals surface area contributed by atoms with Crippen LogP contribution in [0, 0.1) is 0 Å². The molecule has 4 rings (SSSR count). The van der Waals surface area contributed by atoms with Gasteiger partial charge in [0.05, 0.1) is 5.92 Å². The van der Waals surface area contributed by atoms with Crippen LogP contribution in [-0.2, 0) is 9.59 Å². The molecule has 3 aromatic rings. The van der Waals surface area contributed by atoms with E-state index in [1.807, 2.05) is 68.4 Å². The van der Waals surface area contributed by atoms with Crippen LogP contribution in [0.2, 0.25) is 0 Å². The molecule has 6 heteroatoms. The molecule has 0 N–H and O–H groups in total. The number of hydrogen-bond acceptors (Lipinski definition) is 6. The first-order chi connectivity index (χ1) is 16.4. The van der Waals surface area contributed by atoms with Crippen LogP contribution in [0.5, 0.6) is 11.5 Å². The lowest BCUT2D eigenvalue weighted by molar-refractivity contribution is -0.136. The summed E-state index contributed by atoms with van der Waals surface area (Å²) in [7, 11) is 3.32. The average Bonchev–Trinajstić information content (AvgIpc) is 3.28. The van der Waals surface area contributed by atoms with Crippen molar-refractivity contribution in [1.82, 2.24) is 0 Å². The summed E-state index contributed by atoms with van der Waals surface area (Å²) in [6, 6.07) is 18.9. The van der Waals surface area contributed by atoms with Gasteiger partial charge in [0, 0.05) is 16.2 Å². The number of carbonyl (C=O) groups excluding carboxylic acids is 2. The Morgan fingerprint density at radius 3 is 2.32 bits per heavy atom. The Labute approximate surface area is 207 Å². The molecule has 0 unspecified atom stereocenters. The van der Waals surface area contributed by atoms with Crippen LogP contribution < -0.4 is 9.47 Å². The van der Waals surface area contributed by atoms with Gasteiger partial charge in [-0.15, -0.1) is 0 Å². The fraction of sp³-hybridized carbons (Fsp3) is 0.214. The van der Waals surface area contributed by atoms with E-state index < -0.39 is 5.92 Å². The van der Waals surface area contributed by atoms with Crippen LogP contribution >= 0.6 is 21.6 Å². The standard InChI is InChI=1S/C28H26O4S2/c1-4-5-6-27(29)31-25-14-11-22-16-21(7-8-23(22)17-25)19(3)28(30)32-24-12-9-20(10-13-24)26-15-18(2)33-34-26/h7-17,19H,2,4-6H2,1,3H3/t19-/m0/s1. The molecule has 174 valence electrons. The highest BCUT2D eigenvalue weighted by molar-refractivity contribution is 8.82. The number of rotatable bonds is 8. The van der Waals surface area contributed by atoms with Gasteiger partial charge in [0.25, 0.3) is 0 Å². The third-order valence-electron chi connectivity index (χ3n) is 5.54. The Kier molecular flexibility index (Phi) is 7.80. The van der Waals surface area contributed by atoms with E-state index in [0.29, 0.717) is 17.9 Å². The van der Waals surface area contributed by atoms with E-state index in [9.17, 15) is 9.59 Å². The highest BCUT2D eigenvalue weighted by Gasteiger charge is 2.19. The Morgan fingerprint density at radius 2 is 1.62 bits per heavy atom. The van der Waals surface area contributed by atoms with Gasteiger partial charge in [-0.1, -0.05) is 77.9 Å². The van der Waals surface area contributed by atoms with Crippen molar-refractivity contribution in [2.75, 3.05) is 0 Å². The molecule has 0 fully saturated rings. The Morgan fingerprint density at radius 1 is 0.912 bits per heavy atom. The van der Waals surface area contributed by atoms with Crippen LogP contribution in [0.1, 0.15) is 50.2 Å². The second-order valence-corrected chi connectivity index (χ2v) is 10.5. The van der Waals surface area contributed by atoms with Crippen LogP contribution in [0.3, 0.4) is 0 Å². The molecule has 0 saturated heterocycles. The van der Waals surface area contributed by atoms with E-state index in [1.165, 1.54) is 0 Å². The van der Waals surface area contributed by atoms with Crippen molar-refractivity contribution in [1.29, 1.82) is 0 Å². The van der Waals surface area contributed by atoms with Gasteiger partial charge >= 0.3 is 11.9 Å². The molecule has 0 aromatic heterocycles. The van der Waals surface area contributed by atoms with Crippen LogP contribution in [0.25, 0.3) is 15.7 Å². The Bertz CT molecular complexity index is 1260. The SMILES string of the molecule is C=C1C=C(c2ccc(OC(=O)[C@@H](C)c3ccc4cc(OC(=O)CCCC)ccc4c3)cc2)SS1. The average molecular weight is 491 g/mol. The lowest BCUT2D eigenvalue weighted by Gasteiger charge is -2.13. The van der Waals surface area contributed by atoms with E-state index in [1.54, 1.807) is 27.7 Å². The highest BCUT2D eigenvalue weighted by atomic mass is 33.1. The molecular weight excluding hydrogens is 464 g/mol. The molecule has 0 bridgehead atoms. The molecule has 1 atom stereocenters. The number of ether oxygens (including phenoxy) is 2. The molecule has 0 aliphatic carbocycles. The lowest BCUT2D eigenvalue weighted by Crippen LogP contribution is -2.16. The number of hydrogen-bond donors (Lipinski definition) is 0. The van der Waals surface area contributed by atoms with Gasteiger partial charge in [-0.3, -0.25) is 9.59 Å². The van der Waals surface area contributed by atoms with Gasteiger partial charge in [-0.05, 0) is 65.6 Å². The minimum Gasteiger partial charge on any atom is -0.427 e. The maximum Gasteiger partial charge on any atom is 0.318 e. The van der Waals surface area contributed by atoms with E-state index in [0.717, 1.165) is 44.6 Å². The Hall–Kier alpha value is -2.96. The largest absolute Gasteiger partial charge is 0.427 e. The summed E-state index contributed by atoms with van der Waals surface area (Å²) < 4.78 is 11.1. The van der Waals surface area contributed by atoms with Gasteiger partial charge in [-0.2, -0.15) is 0 Å². The molecule has 1 heterocycles. The van der Waals surface area contributed by atoms with Crippen molar-refractivity contribution in [3.63, 3.8) is 0 Å². The summed E-state index contributed by atoms with van der Waals surface area (Å²) in [4.78, 5) is 26.9. The topological polar surface area (TPSA) is 52.6 Å². The summed E-state index contributed by atoms with van der Waals surface area (Å²) in [6.45, 7) is 7.83. The van der Waals surface area contributed by atoms with Crippen molar-refractivity contribution in [2.45, 2.75) is 39.0 Å². The molecule has 0 spiro atoms. The summed E-state index contributed by atoms with van der Waals surface area (Å²) in [5.74, 6) is 0.0959. The maximum atomic E-state index is 12.8. The first-order valence-electron chi connectivity index (χ1n) is 11.2. The molecule has 3 aromatic carbocycles. The second kappa shape index (κ2) is 11.0. The molecule has 1 aliphatic rings. The van der Waals surface area contributed by atoms with Gasteiger partial charge < -0.3 is 9.47 Å². The number of benzene rings is 3. The molecule has 4 nitrogen and oxygen atoms in total. The lowest BCUT2D eigenvalue weighted by atomic mass is 9.98. The fourth-order valence-electron chi connectivity index (χ4n) is 3.53. The quantitative estimate of drug-likeness (QED) is 0.182. The van der Waals surface area contributed by atoms with E-state index in [2.05, 4.69) is 12.7 Å². The number of esters is 2. The summed E-state index contributed by atoms with van der Waals surface area (Å²) >= 11 is 0. The van der Waals surface area contributed by atoms with E-state index >= 15 is 0 Å². The van der Waals surface area contributed by atoms with Crippen LogP contribution in [0.4, 0.5) is 0 Å². The van der Waals surface area contributed by atoms with Crippen molar-refractivity contribution in [3.8, 4) is 11.5 Å². The first kappa shape index (κ1) is 24.2. The minimum atomic E-state index is -0.427. The van der Waals surface area contributed by atoms with Crippen molar-refractivity contribution in [2.24, 2.45) is 0 Å². The normalized spacial score (nSPS) is 14.1. The fourth-order valence-corrected chi connectivity index (χ4v) is 5.56. The third-order valence-corrected chi connectivity index (χ3v) is 7.92. The summed E-state index contributed by atoms with van der Waals surface area (Å²) in [6.07, 6.45) is 4.24. The second-order valence-electron chi connectivity index (χ2n) is 8.15. The Balaban J connectivity index is 1.41. The van der Waals surface area contributed by atoms with Gasteiger partial charge in [0.1, 0.15) is 11.5 Å². The third kappa shape index (κ3) is 5.93. The van der Waals surface area contributed by atoms with E-state index in [-0.39, 0.29) is 11.9 Å². The van der Waals surface area contributed by atoms with Crippen LogP contribution in [0.15, 0.2) is 78.2 Å². The van der Waals surface area contributed by atoms with Crippen molar-refractivity contribution < 1.29 is 19.1 Å². The maximum absolute atomic E-state index is 12.8. The predicted octanol–water partition coefficient (Wildman–Crippen LogP) is 7.89. The smallest absolute Gasteiger partial charge is 0.318 e. The van der Waals surface area contributed by atoms with Crippen molar-refractivity contribution >= 4 is 49.2 Å². The molecule has 1 aliphatic heterocycles. The van der Waals surface area contributed by atoms with E-state index in [4.69, 9.17) is 9.47 Å². The van der Waals surface area contributed by atoms with Gasteiger partial charge in [0.2, 0.25) is 0 Å². The molecular formula is C28H26O4S2. The predicted molar refractivity (Wildman–Crippen MR) is 142 cm³/mol. The molecule has 0 saturated carbocycles. The minimum absolute atomic E-state index is 0.217. The molecule has 0 radical (unpaired) electrons. The van der Waals surface area contributed by atoms with Gasteiger partial charge in [0.15, 0.2) is 0 Å². The van der Waals surface area contributed by atoms with Crippen molar-refractivity contribution in [3.05, 3.63) is 89.4 Å². The molecule has 34 heavy (non-hydrogen) atoms. The molecule has 0 amide bonds. The highest BCUT2D eigenvalue weighted by Crippen LogP contribution is 2.48. The number of allylic oxidation sites excluding steroid dienone is 1. The first-order valence-corrected chi connectivity index (χ1v) is 13.4. The zero-order chi connectivity index (χ0) is 24.1. The zero-order valence-corrected chi connectivity index (χ0v) is 20.8. The van der Waals surface area contributed by atoms with Crippen LogP contribution in [-0.4, -0.2) is 11.9 Å². The zero-order valence-electron chi connectivity index (χ0n) is 19.2.